The molecular weight excluding hydrogens is 571 g/mol. The van der Waals surface area contributed by atoms with E-state index >= 15 is 0 Å². The third kappa shape index (κ3) is 6.72. The van der Waals surface area contributed by atoms with Crippen LogP contribution in [-0.2, 0) is 34.1 Å². The summed E-state index contributed by atoms with van der Waals surface area (Å²) in [6, 6.07) is 18.9. The van der Waals surface area contributed by atoms with Crippen LogP contribution >= 0.6 is 0 Å². The van der Waals surface area contributed by atoms with Crippen molar-refractivity contribution in [2.45, 2.75) is 92.9 Å². The zero-order chi connectivity index (χ0) is 25.7. The van der Waals surface area contributed by atoms with Crippen molar-refractivity contribution in [3.8, 4) is 0 Å². The Morgan fingerprint density at radius 3 is 1.08 bits per heavy atom. The predicted molar refractivity (Wildman–Crippen MR) is 150 cm³/mol. The summed E-state index contributed by atoms with van der Waals surface area (Å²) >= 11 is -0.974. The Morgan fingerprint density at radius 1 is 0.514 bits per heavy atom. The van der Waals surface area contributed by atoms with E-state index in [2.05, 4.69) is 118 Å². The molecule has 0 unspecified atom stereocenters. The van der Waals surface area contributed by atoms with Gasteiger partial charge in [0.1, 0.15) is 0 Å². The van der Waals surface area contributed by atoms with Gasteiger partial charge in [-0.25, -0.2) is 0 Å². The number of halogens is 2. The molecular formula is C34H42Cl2Zr. The van der Waals surface area contributed by atoms with E-state index in [1.54, 1.807) is 40.0 Å². The second kappa shape index (κ2) is 11.9. The molecule has 0 amide bonds. The summed E-state index contributed by atoms with van der Waals surface area (Å²) in [6.07, 6.45) is 2.23. The van der Waals surface area contributed by atoms with Crippen LogP contribution < -0.4 is 24.8 Å². The molecule has 0 saturated heterocycles. The Labute approximate surface area is 250 Å². The monoisotopic (exact) mass is 610 g/mol. The number of hydrogen-bond acceptors (Lipinski definition) is 0. The molecule has 0 saturated carbocycles. The van der Waals surface area contributed by atoms with E-state index < -0.39 is 23.2 Å². The van der Waals surface area contributed by atoms with Crippen molar-refractivity contribution in [1.29, 1.82) is 0 Å². The summed E-state index contributed by atoms with van der Waals surface area (Å²) in [5, 5.41) is 0. The van der Waals surface area contributed by atoms with Gasteiger partial charge in [-0.15, -0.1) is 0 Å². The van der Waals surface area contributed by atoms with Crippen molar-refractivity contribution >= 4 is 11.1 Å². The first-order valence-electron chi connectivity index (χ1n) is 13.1. The van der Waals surface area contributed by atoms with Gasteiger partial charge in [0.2, 0.25) is 0 Å². The van der Waals surface area contributed by atoms with Crippen molar-refractivity contribution in [2.75, 3.05) is 0 Å². The van der Waals surface area contributed by atoms with Crippen LogP contribution in [0.4, 0.5) is 0 Å². The number of hydrogen-bond donors (Lipinski definition) is 0. The molecule has 0 radical (unpaired) electrons. The van der Waals surface area contributed by atoms with Crippen LogP contribution in [0.5, 0.6) is 0 Å². The maximum Gasteiger partial charge on any atom is -1.00 e. The van der Waals surface area contributed by atoms with Crippen LogP contribution in [0.2, 0.25) is 0 Å². The average Bonchev–Trinajstić information content (AvgIpc) is 3.23. The molecule has 2 aromatic carbocycles. The quantitative estimate of drug-likeness (QED) is 0.491. The molecule has 2 aliphatic carbocycles. The van der Waals surface area contributed by atoms with Crippen LogP contribution in [0.3, 0.4) is 0 Å². The molecule has 0 nitrogen and oxygen atoms in total. The molecule has 0 bridgehead atoms. The van der Waals surface area contributed by atoms with E-state index in [1.165, 1.54) is 22.3 Å². The van der Waals surface area contributed by atoms with Crippen molar-refractivity contribution in [2.24, 2.45) is 0 Å². The fourth-order valence-corrected chi connectivity index (χ4v) is 9.62. The van der Waals surface area contributed by atoms with Crippen molar-refractivity contribution in [3.05, 3.63) is 99.6 Å². The third-order valence-corrected chi connectivity index (χ3v) is 12.5. The first-order valence-corrected chi connectivity index (χ1v) is 15.5. The molecule has 3 heteroatoms. The van der Waals surface area contributed by atoms with E-state index in [1.807, 2.05) is 0 Å². The molecule has 37 heavy (non-hydrogen) atoms. The van der Waals surface area contributed by atoms with Gasteiger partial charge in [0.25, 0.3) is 0 Å². The summed E-state index contributed by atoms with van der Waals surface area (Å²) in [6.45, 7) is 23.2. The van der Waals surface area contributed by atoms with Gasteiger partial charge in [-0.05, 0) is 0 Å². The zero-order valence-electron chi connectivity index (χ0n) is 24.3. The fourth-order valence-electron chi connectivity index (χ4n) is 5.15. The maximum atomic E-state index is 2.38. The van der Waals surface area contributed by atoms with Crippen molar-refractivity contribution in [3.63, 3.8) is 0 Å². The van der Waals surface area contributed by atoms with Crippen LogP contribution in [-0.4, -0.2) is 0 Å². The molecule has 0 heterocycles. The molecule has 0 aromatic heterocycles. The van der Waals surface area contributed by atoms with Crippen molar-refractivity contribution in [1.82, 2.24) is 0 Å². The van der Waals surface area contributed by atoms with Crippen LogP contribution in [0.25, 0.3) is 11.1 Å². The first-order chi connectivity index (χ1) is 16.3. The topological polar surface area (TPSA) is 0 Å². The summed E-state index contributed by atoms with van der Waals surface area (Å²) in [4.78, 5) is 0. The van der Waals surface area contributed by atoms with Gasteiger partial charge in [0, 0.05) is 0 Å². The molecule has 2 aliphatic rings. The molecule has 196 valence electrons. The molecule has 0 fully saturated rings. The van der Waals surface area contributed by atoms with Crippen molar-refractivity contribution < 1.29 is 48.0 Å². The Hall–Kier alpha value is -1.14. The van der Waals surface area contributed by atoms with E-state index in [-0.39, 0.29) is 35.6 Å². The van der Waals surface area contributed by atoms with E-state index in [4.69, 9.17) is 0 Å². The Balaban J connectivity index is 0.00000241. The minimum absolute atomic E-state index is 0. The Morgan fingerprint density at radius 2 is 0.811 bits per heavy atom. The summed E-state index contributed by atoms with van der Waals surface area (Å²) in [5.74, 6) is 0. The van der Waals surface area contributed by atoms with Gasteiger partial charge in [-0.2, -0.15) is 0 Å². The summed E-state index contributed by atoms with van der Waals surface area (Å²) < 4.78 is 3.42. The normalized spacial score (nSPS) is 16.3. The predicted octanol–water partition coefficient (Wildman–Crippen LogP) is 3.97. The Bertz CT molecular complexity index is 1170. The number of benzene rings is 2. The van der Waals surface area contributed by atoms with Crippen LogP contribution in [0, 0.1) is 0 Å². The van der Waals surface area contributed by atoms with Gasteiger partial charge in [0.05, 0.1) is 0 Å². The van der Waals surface area contributed by atoms with E-state index in [9.17, 15) is 0 Å². The molecule has 4 rings (SSSR count). The van der Waals surface area contributed by atoms with Crippen LogP contribution in [0.15, 0.2) is 77.4 Å². The second-order valence-corrected chi connectivity index (χ2v) is 15.7. The fraction of sp³-hybridized carbons (Fsp3) is 0.412. The molecule has 0 N–H and O–H groups in total. The standard InChI is InChI=1S/2C17H21.2ClH.Zr/c2*1-12-10-15(11-13(12)2)14-6-8-16(9-7-14)17(3,4)5;;;/h2*6-9H,10H2,1-5H3;2*1H;/q;;;;+2/p-2. The van der Waals surface area contributed by atoms with Gasteiger partial charge >= 0.3 is 227 Å². The zero-order valence-corrected chi connectivity index (χ0v) is 28.3. The third-order valence-electron chi connectivity index (χ3n) is 7.97. The minimum Gasteiger partial charge on any atom is -1.00 e. The Kier molecular flexibility index (Phi) is 10.4. The SMILES string of the molecule is CC1=C(C)[C]([Zr+2][C]2=C(c3ccc(C(C)(C)C)cc3)CC(C)=C2C)=C(c2ccc(C(C)(C)C)cc2)C1.[Cl-].[Cl-]. The molecule has 0 spiro atoms. The smallest absolute Gasteiger partial charge is 1.00 e. The van der Waals surface area contributed by atoms with Gasteiger partial charge in [-0.3, -0.25) is 0 Å². The van der Waals surface area contributed by atoms with E-state index in [0.717, 1.165) is 12.8 Å². The number of allylic oxidation sites excluding steroid dienone is 8. The van der Waals surface area contributed by atoms with Gasteiger partial charge in [0.15, 0.2) is 0 Å². The van der Waals surface area contributed by atoms with Gasteiger partial charge in [-0.1, -0.05) is 0 Å². The largest absolute Gasteiger partial charge is 1.00 e. The second-order valence-electron chi connectivity index (χ2n) is 12.7. The van der Waals surface area contributed by atoms with E-state index in [0.29, 0.717) is 0 Å². The first kappa shape index (κ1) is 32.1. The average molecular weight is 613 g/mol. The molecule has 0 atom stereocenters. The number of rotatable bonds is 4. The summed E-state index contributed by atoms with van der Waals surface area (Å²) in [5.41, 5.74) is 15.5. The molecule has 2 aromatic rings. The van der Waals surface area contributed by atoms with Gasteiger partial charge < -0.3 is 24.8 Å². The maximum absolute atomic E-state index is 2.38. The van der Waals surface area contributed by atoms with Crippen LogP contribution in [0.1, 0.15) is 104 Å². The minimum atomic E-state index is -0.974. The summed E-state index contributed by atoms with van der Waals surface area (Å²) in [7, 11) is 0. The molecule has 0 aliphatic heterocycles.